The molecule has 0 aliphatic rings. The number of hydrogen-bond acceptors (Lipinski definition) is 0. The Kier molecular flexibility index (Phi) is 19.7. The van der Waals surface area contributed by atoms with E-state index in [2.05, 4.69) is 13.2 Å². The van der Waals surface area contributed by atoms with Crippen LogP contribution >= 0.6 is 11.6 Å². The summed E-state index contributed by atoms with van der Waals surface area (Å²) in [7, 11) is 0. The molecule has 0 unspecified atom stereocenters. The fourth-order valence-corrected chi connectivity index (χ4v) is 0.267. The summed E-state index contributed by atoms with van der Waals surface area (Å²) in [5.41, 5.74) is 1.53. The summed E-state index contributed by atoms with van der Waals surface area (Å²) in [6.45, 7) is 8.76. The molecule has 0 atom stereocenters. The minimum Gasteiger partial charge on any atom is -0.0991 e. The Morgan fingerprint density at radius 2 is 1.78 bits per heavy atom. The molecule has 1 heteroatoms. The van der Waals surface area contributed by atoms with Crippen molar-refractivity contribution >= 4 is 11.6 Å². The summed E-state index contributed by atoms with van der Waals surface area (Å²) in [5, 5.41) is 0. The van der Waals surface area contributed by atoms with Gasteiger partial charge in [0.25, 0.3) is 0 Å². The molecule has 0 heterocycles. The summed E-state index contributed by atoms with van der Waals surface area (Å²) in [6.07, 6.45) is 6.20. The quantitative estimate of drug-likeness (QED) is 0.521. The summed E-state index contributed by atoms with van der Waals surface area (Å²) >= 11 is 5.12. The van der Waals surface area contributed by atoms with Gasteiger partial charge in [-0.05, 0) is 6.42 Å². The van der Waals surface area contributed by atoms with Gasteiger partial charge in [-0.25, -0.2) is 0 Å². The molecule has 52 valence electrons. The smallest absolute Gasteiger partial charge is 0.000235 e. The zero-order valence-electron chi connectivity index (χ0n) is 5.81. The largest absolute Gasteiger partial charge is 0.0991 e. The first-order chi connectivity index (χ1) is 4.33. The summed E-state index contributed by atoms with van der Waals surface area (Å²) in [4.78, 5) is 0. The average molecular weight is 145 g/mol. The molecule has 0 saturated heterocycles. The molecule has 0 rings (SSSR count). The third-order valence-corrected chi connectivity index (χ3v) is 0.670. The van der Waals surface area contributed by atoms with Crippen molar-refractivity contribution in [1.29, 1.82) is 0 Å². The zero-order chi connectivity index (χ0) is 7.54. The van der Waals surface area contributed by atoms with Crippen LogP contribution in [-0.4, -0.2) is 0 Å². The molecule has 0 aliphatic carbocycles. The highest BCUT2D eigenvalue weighted by molar-refractivity contribution is 6.25. The van der Waals surface area contributed by atoms with Crippen LogP contribution in [0.2, 0.25) is 0 Å². The Bertz CT molecular complexity index is 76.6. The van der Waals surface area contributed by atoms with E-state index < -0.39 is 0 Å². The van der Waals surface area contributed by atoms with Gasteiger partial charge in [0.2, 0.25) is 0 Å². The Morgan fingerprint density at radius 3 is 1.78 bits per heavy atom. The van der Waals surface area contributed by atoms with Crippen LogP contribution in [0.1, 0.15) is 13.3 Å². The lowest BCUT2D eigenvalue weighted by molar-refractivity contribution is 1.23. The van der Waals surface area contributed by atoms with Crippen LogP contribution in [0.15, 0.2) is 36.9 Å². The van der Waals surface area contributed by atoms with E-state index in [1.807, 2.05) is 13.0 Å². The normalized spacial score (nSPS) is 7.78. The van der Waals surface area contributed by atoms with E-state index in [0.717, 1.165) is 6.42 Å². The van der Waals surface area contributed by atoms with Crippen molar-refractivity contribution in [3.63, 3.8) is 0 Å². The summed E-state index contributed by atoms with van der Waals surface area (Å²) < 4.78 is 0. The van der Waals surface area contributed by atoms with Crippen molar-refractivity contribution in [3.8, 4) is 0 Å². The SMILES string of the molecule is C=CC=C.CCC=CCl. The van der Waals surface area contributed by atoms with Crippen LogP contribution in [0.4, 0.5) is 0 Å². The van der Waals surface area contributed by atoms with Crippen molar-refractivity contribution in [1.82, 2.24) is 0 Å². The minimum atomic E-state index is 1.03. The second-order valence-electron chi connectivity index (χ2n) is 1.24. The molecule has 0 aromatic heterocycles. The molecule has 0 radical (unpaired) electrons. The van der Waals surface area contributed by atoms with Gasteiger partial charge in [-0.15, -0.1) is 0 Å². The predicted molar refractivity (Wildman–Crippen MR) is 45.7 cm³/mol. The van der Waals surface area contributed by atoms with Crippen LogP contribution < -0.4 is 0 Å². The molecule has 0 fully saturated rings. The van der Waals surface area contributed by atoms with E-state index in [4.69, 9.17) is 11.6 Å². The average Bonchev–Trinajstić information content (AvgIpc) is 1.91. The number of rotatable bonds is 2. The van der Waals surface area contributed by atoms with E-state index in [0.29, 0.717) is 0 Å². The first-order valence-electron chi connectivity index (χ1n) is 2.82. The highest BCUT2D eigenvalue weighted by atomic mass is 35.5. The molecule has 0 nitrogen and oxygen atoms in total. The number of halogens is 1. The van der Waals surface area contributed by atoms with Gasteiger partial charge in [0.1, 0.15) is 0 Å². The maximum Gasteiger partial charge on any atom is 0.000235 e. The van der Waals surface area contributed by atoms with Crippen LogP contribution in [0.3, 0.4) is 0 Å². The zero-order valence-corrected chi connectivity index (χ0v) is 6.56. The molecule has 0 aromatic rings. The van der Waals surface area contributed by atoms with Gasteiger partial charge in [0, 0.05) is 5.54 Å². The molecule has 0 bridgehead atoms. The van der Waals surface area contributed by atoms with Gasteiger partial charge in [-0.3, -0.25) is 0 Å². The molecule has 0 aliphatic heterocycles. The third kappa shape index (κ3) is 36.2. The number of allylic oxidation sites excluding steroid dienone is 3. The topological polar surface area (TPSA) is 0 Å². The minimum absolute atomic E-state index is 1.03. The Hall–Kier alpha value is -0.490. The summed E-state index contributed by atoms with van der Waals surface area (Å²) in [6, 6.07) is 0. The molecule has 0 aromatic carbocycles. The van der Waals surface area contributed by atoms with Crippen LogP contribution in [-0.2, 0) is 0 Å². The Labute approximate surface area is 62.5 Å². The molecular formula is C8H13Cl. The molecule has 0 N–H and O–H groups in total. The van der Waals surface area contributed by atoms with Gasteiger partial charge in [-0.1, -0.05) is 49.9 Å². The second kappa shape index (κ2) is 15.6. The fourth-order valence-electron chi connectivity index (χ4n) is 0.0891. The van der Waals surface area contributed by atoms with Crippen LogP contribution in [0.5, 0.6) is 0 Å². The molecule has 0 spiro atoms. The van der Waals surface area contributed by atoms with E-state index >= 15 is 0 Å². The molecule has 0 amide bonds. The maximum atomic E-state index is 5.12. The lowest BCUT2D eigenvalue weighted by atomic mass is 10.5. The highest BCUT2D eigenvalue weighted by Gasteiger charge is 1.53. The fraction of sp³-hybridized carbons (Fsp3) is 0.250. The van der Waals surface area contributed by atoms with Gasteiger partial charge in [0.15, 0.2) is 0 Å². The van der Waals surface area contributed by atoms with Crippen molar-refractivity contribution in [2.75, 3.05) is 0 Å². The van der Waals surface area contributed by atoms with Gasteiger partial charge < -0.3 is 0 Å². The third-order valence-electron chi connectivity index (χ3n) is 0.491. The van der Waals surface area contributed by atoms with Crippen LogP contribution in [0.25, 0.3) is 0 Å². The predicted octanol–water partition coefficient (Wildman–Crippen LogP) is 3.51. The van der Waals surface area contributed by atoms with E-state index in [1.54, 1.807) is 12.2 Å². The van der Waals surface area contributed by atoms with Crippen LogP contribution in [0, 0.1) is 0 Å². The van der Waals surface area contributed by atoms with Crippen molar-refractivity contribution < 1.29 is 0 Å². The van der Waals surface area contributed by atoms with E-state index in [-0.39, 0.29) is 0 Å². The number of hydrogen-bond donors (Lipinski definition) is 0. The Morgan fingerprint density at radius 1 is 1.33 bits per heavy atom. The highest BCUT2D eigenvalue weighted by Crippen LogP contribution is 1.80. The van der Waals surface area contributed by atoms with E-state index in [1.165, 1.54) is 5.54 Å². The van der Waals surface area contributed by atoms with Crippen molar-refractivity contribution in [2.24, 2.45) is 0 Å². The molecule has 0 saturated carbocycles. The maximum absolute atomic E-state index is 5.12. The lowest BCUT2D eigenvalue weighted by Gasteiger charge is -1.63. The first-order valence-corrected chi connectivity index (χ1v) is 3.25. The van der Waals surface area contributed by atoms with Crippen molar-refractivity contribution in [3.05, 3.63) is 36.9 Å². The molecule has 9 heavy (non-hydrogen) atoms. The summed E-state index contributed by atoms with van der Waals surface area (Å²) in [5.74, 6) is 0. The molecular weight excluding hydrogens is 132 g/mol. The standard InChI is InChI=1S/C4H7Cl.C4H6/c1-2-3-4-5;1-3-4-2/h3-4H,2H2,1H3;3-4H,1-2H2. The van der Waals surface area contributed by atoms with Crippen molar-refractivity contribution in [2.45, 2.75) is 13.3 Å². The lowest BCUT2D eigenvalue weighted by Crippen LogP contribution is -1.41. The Balaban J connectivity index is 0. The van der Waals surface area contributed by atoms with Gasteiger partial charge in [-0.2, -0.15) is 0 Å². The monoisotopic (exact) mass is 144 g/mol. The second-order valence-corrected chi connectivity index (χ2v) is 1.49. The van der Waals surface area contributed by atoms with E-state index in [9.17, 15) is 0 Å². The first kappa shape index (κ1) is 11.3. The van der Waals surface area contributed by atoms with Gasteiger partial charge >= 0.3 is 0 Å². The van der Waals surface area contributed by atoms with Gasteiger partial charge in [0.05, 0.1) is 0 Å².